The van der Waals surface area contributed by atoms with Gasteiger partial charge in [0.25, 0.3) is 0 Å². The molecule has 0 spiro atoms. The Hall–Kier alpha value is -6.87. The fourth-order valence-electron chi connectivity index (χ4n) is 15.6. The Morgan fingerprint density at radius 3 is 2.00 bits per heavy atom. The van der Waals surface area contributed by atoms with Crippen molar-refractivity contribution in [3.05, 3.63) is 57.6 Å². The normalized spacial score (nSPS) is 32.5. The van der Waals surface area contributed by atoms with E-state index < -0.39 is 143 Å². The zero-order valence-electron chi connectivity index (χ0n) is 53.4. The molecule has 15 atom stereocenters. The number of fused-ring (bicyclic) bond motifs is 7. The van der Waals surface area contributed by atoms with Crippen LogP contribution in [0.5, 0.6) is 0 Å². The molecule has 0 radical (unpaired) electrons. The number of primary amides is 6. The van der Waals surface area contributed by atoms with E-state index in [4.69, 9.17) is 63.2 Å². The number of carbonyl (C=O) groups is 7. The first kappa shape index (κ1) is 69.0. The number of rotatable bonds is 26. The maximum atomic E-state index is 14.4. The summed E-state index contributed by atoms with van der Waals surface area (Å²) in [6.07, 6.45) is -5.47. The summed E-state index contributed by atoms with van der Waals surface area (Å²) in [5, 5.41) is 31.5. The van der Waals surface area contributed by atoms with Crippen LogP contribution in [-0.4, -0.2) is 136 Å². The summed E-state index contributed by atoms with van der Waals surface area (Å²) in [7, 11) is -5.05. The molecule has 8 bridgehead atoms. The number of aliphatic imine (C=N–C) groups is 3. The van der Waals surface area contributed by atoms with Crippen LogP contribution in [-0.2, 0) is 51.9 Å². The second-order valence-electron chi connectivity index (χ2n) is 27.3. The summed E-state index contributed by atoms with van der Waals surface area (Å²) >= 11 is 0. The van der Waals surface area contributed by atoms with Gasteiger partial charge in [-0.15, -0.1) is 0 Å². The molecule has 90 heavy (non-hydrogen) atoms. The first-order valence-electron chi connectivity index (χ1n) is 30.7. The van der Waals surface area contributed by atoms with E-state index >= 15 is 0 Å². The summed E-state index contributed by atoms with van der Waals surface area (Å²) in [5.74, 6) is -7.15. The number of hydrogen-bond donors (Lipinski definition) is 12. The van der Waals surface area contributed by atoms with Crippen LogP contribution >= 0.6 is 7.82 Å². The Bertz CT molecular complexity index is 3380. The number of phosphoric ester groups is 1. The molecule has 18 N–H and O–H groups in total. The van der Waals surface area contributed by atoms with Crippen molar-refractivity contribution in [2.24, 2.45) is 94.7 Å². The molecular weight excluding hydrogens is 1180 g/mol. The Morgan fingerprint density at radius 2 is 1.41 bits per heavy atom. The lowest BCUT2D eigenvalue weighted by Gasteiger charge is -2.48. The number of aliphatic hydroxyl groups excluding tert-OH is 2. The minimum absolute atomic E-state index is 0.00663. The van der Waals surface area contributed by atoms with Gasteiger partial charge in [-0.05, 0) is 108 Å². The topological polar surface area (TPSA) is 457 Å². The van der Waals surface area contributed by atoms with Crippen LogP contribution in [0.1, 0.15) is 144 Å². The SMILES string of the molecule is CC1=C2N=C(C=C3NC(=C(C)C4=NC(C)(C5N=C1C(C)(CCC(=O)NCC(C)OP(=O)(O)OC1C(CO)OC(N6CNc7cc(C)c(C)cc76)C1O)C5CC(N)=O)C(C)(CC(N)=O)C4CCC(N)=O)C(C)(CC(N)=O)C3CCC(N)=O)C(C)(C)C2CCC(N)=O. The van der Waals surface area contributed by atoms with Crippen LogP contribution in [0.3, 0.4) is 0 Å². The van der Waals surface area contributed by atoms with Gasteiger partial charge in [-0.1, -0.05) is 34.6 Å². The maximum Gasteiger partial charge on any atom is 0.472 e. The van der Waals surface area contributed by atoms with Gasteiger partial charge in [0.15, 0.2) is 6.23 Å². The summed E-state index contributed by atoms with van der Waals surface area (Å²) in [6, 6.07) is 2.85. The largest absolute Gasteiger partial charge is 0.472 e. The molecule has 1 aromatic carbocycles. The lowest BCUT2D eigenvalue weighted by molar-refractivity contribution is -0.124. The average molecular weight is 1270 g/mol. The number of benzene rings is 1. The molecule has 7 aliphatic rings. The van der Waals surface area contributed by atoms with Gasteiger partial charge in [0.1, 0.15) is 18.3 Å². The Labute approximate surface area is 524 Å². The highest BCUT2D eigenvalue weighted by molar-refractivity contribution is 7.47. The third kappa shape index (κ3) is 13.0. The Kier molecular flexibility index (Phi) is 19.7. The number of ether oxygens (including phenoxy) is 1. The van der Waals surface area contributed by atoms with Gasteiger partial charge < -0.3 is 75.1 Å². The molecular formula is C62H92N13O14P. The number of anilines is 2. The number of aliphatic hydroxyl groups is 2. The molecule has 7 heterocycles. The molecule has 7 aliphatic heterocycles. The van der Waals surface area contributed by atoms with Crippen molar-refractivity contribution in [3.63, 3.8) is 0 Å². The summed E-state index contributed by atoms with van der Waals surface area (Å²) < 4.78 is 30.8. The lowest BCUT2D eigenvalue weighted by Crippen LogP contribution is -2.56. The molecule has 0 saturated carbocycles. The number of amides is 7. The van der Waals surface area contributed by atoms with E-state index in [-0.39, 0.29) is 83.8 Å². The monoisotopic (exact) mass is 1270 g/mol. The highest BCUT2D eigenvalue weighted by Crippen LogP contribution is 2.63. The van der Waals surface area contributed by atoms with E-state index in [1.807, 2.05) is 87.4 Å². The number of carbonyl (C=O) groups excluding carboxylic acids is 7. The number of nitrogens with zero attached hydrogens (tertiary/aromatic N) is 4. The van der Waals surface area contributed by atoms with E-state index in [0.717, 1.165) is 22.5 Å². The van der Waals surface area contributed by atoms with Gasteiger partial charge in [0, 0.05) is 131 Å². The molecule has 494 valence electrons. The van der Waals surface area contributed by atoms with Crippen molar-refractivity contribution >= 4 is 77.7 Å². The fourth-order valence-corrected chi connectivity index (χ4v) is 16.8. The molecule has 15 unspecified atom stereocenters. The molecule has 7 amide bonds. The zero-order chi connectivity index (χ0) is 66.7. The fraction of sp³-hybridized carbons (Fsp3) is 0.645. The van der Waals surface area contributed by atoms with Crippen LogP contribution in [0, 0.1) is 59.2 Å². The number of aryl methyl sites for hydroxylation is 2. The molecule has 28 heteroatoms. The maximum absolute atomic E-state index is 14.4. The Morgan fingerprint density at radius 1 is 0.811 bits per heavy atom. The second-order valence-corrected chi connectivity index (χ2v) is 28.6. The van der Waals surface area contributed by atoms with E-state index in [1.54, 1.807) is 4.90 Å². The molecule has 0 aromatic heterocycles. The smallest absolute Gasteiger partial charge is 0.394 e. The van der Waals surface area contributed by atoms with Gasteiger partial charge >= 0.3 is 7.82 Å². The van der Waals surface area contributed by atoms with E-state index in [1.165, 1.54) is 6.92 Å². The predicted octanol–water partition coefficient (Wildman–Crippen LogP) is 2.83. The molecule has 27 nitrogen and oxygen atoms in total. The third-order valence-electron chi connectivity index (χ3n) is 20.8. The van der Waals surface area contributed by atoms with E-state index in [9.17, 15) is 53.2 Å². The quantitative estimate of drug-likeness (QED) is 0.0593. The minimum Gasteiger partial charge on any atom is -0.394 e. The molecule has 8 rings (SSSR count). The van der Waals surface area contributed by atoms with Gasteiger partial charge in [-0.25, -0.2) is 4.57 Å². The van der Waals surface area contributed by atoms with Crippen LogP contribution in [0.25, 0.3) is 0 Å². The van der Waals surface area contributed by atoms with Crippen molar-refractivity contribution in [1.82, 2.24) is 10.6 Å². The minimum atomic E-state index is -5.05. The number of allylic oxidation sites excluding steroid dienone is 6. The van der Waals surface area contributed by atoms with Gasteiger partial charge in [-0.3, -0.25) is 57.6 Å². The van der Waals surface area contributed by atoms with E-state index in [2.05, 4.69) is 16.0 Å². The third-order valence-corrected chi connectivity index (χ3v) is 21.9. The van der Waals surface area contributed by atoms with E-state index in [0.29, 0.717) is 45.4 Å². The van der Waals surface area contributed by atoms with Crippen LogP contribution < -0.4 is 55.3 Å². The number of nitrogens with one attached hydrogen (secondary N) is 3. The molecule has 2 fully saturated rings. The predicted molar refractivity (Wildman–Crippen MR) is 336 cm³/mol. The highest BCUT2D eigenvalue weighted by atomic mass is 31.2. The summed E-state index contributed by atoms with van der Waals surface area (Å²) in [5.41, 5.74) is 37.8. The van der Waals surface area contributed by atoms with Crippen molar-refractivity contribution in [2.45, 2.75) is 189 Å². The standard InChI is InChI=1S/C62H92N13O14P/c1-29-20-39-40(21-30(29)2)75(28-70-39)57-52(84)53(41(27-76)87-57)89-90(85,86)88-31(3)26-69-49(83)18-19-59(8)37(22-46(66)80)56-62(11)61(10,25-48(68)82)36(14-17-45(65)79)51(74-62)33(5)55-60(9,24-47(67)81)34(12-15-43(63)77)38(71-55)23-42-58(6,7)35(13-16-44(64)78)50(72-42)32(4)54(59)73-56/h20-21,23,31,34-37,41,52-53,56-57,70-71,76,84H,12-19,22,24-28H2,1-11H3,(H2,63,77)(H2,64,78)(H2,65,79)(H2,66,80)(H2,67,81)(H2,68,82)(H,69,83)(H,85,86). The average Bonchev–Trinajstić information content (AvgIpc) is 1.53. The second kappa shape index (κ2) is 25.7. The highest BCUT2D eigenvalue weighted by Gasteiger charge is 2.66. The van der Waals surface area contributed by atoms with Crippen molar-refractivity contribution in [1.29, 1.82) is 0 Å². The number of phosphoric acid groups is 1. The van der Waals surface area contributed by atoms with Gasteiger partial charge in [0.2, 0.25) is 41.4 Å². The molecule has 2 saturated heterocycles. The van der Waals surface area contributed by atoms with Crippen molar-refractivity contribution in [3.8, 4) is 0 Å². The number of hydrogen-bond acceptors (Lipinski definition) is 19. The van der Waals surface area contributed by atoms with Gasteiger partial charge in [-0.2, -0.15) is 0 Å². The van der Waals surface area contributed by atoms with Crippen LogP contribution in [0.2, 0.25) is 0 Å². The summed E-state index contributed by atoms with van der Waals surface area (Å²) in [4.78, 5) is 123. The Balaban J connectivity index is 1.19. The molecule has 0 aliphatic carbocycles. The zero-order valence-corrected chi connectivity index (χ0v) is 54.3. The van der Waals surface area contributed by atoms with Crippen LogP contribution in [0.4, 0.5) is 11.4 Å². The van der Waals surface area contributed by atoms with Crippen molar-refractivity contribution < 1.29 is 67.0 Å². The van der Waals surface area contributed by atoms with Crippen molar-refractivity contribution in [2.75, 3.05) is 30.0 Å². The first-order chi connectivity index (χ1) is 41.8. The molecule has 1 aromatic rings. The number of nitrogens with two attached hydrogens (primary N) is 6. The van der Waals surface area contributed by atoms with Crippen LogP contribution in [0.15, 0.2) is 61.4 Å². The lowest BCUT2D eigenvalue weighted by atomic mass is 9.55. The first-order valence-corrected chi connectivity index (χ1v) is 32.2. The van der Waals surface area contributed by atoms with Gasteiger partial charge in [0.05, 0.1) is 42.3 Å². The summed E-state index contributed by atoms with van der Waals surface area (Å²) in [6.45, 7) is 19.6.